The first kappa shape index (κ1) is 17.7. The number of para-hydroxylation sites is 2. The molecule has 1 aromatic heterocycles. The van der Waals surface area contributed by atoms with E-state index < -0.39 is 0 Å². The van der Waals surface area contributed by atoms with Crippen LogP contribution in [0.4, 0.5) is 5.69 Å². The molecule has 0 aliphatic carbocycles. The van der Waals surface area contributed by atoms with Gasteiger partial charge in [0.2, 0.25) is 5.91 Å². The lowest BCUT2D eigenvalue weighted by atomic mass is 10.2. The zero-order valence-electron chi connectivity index (χ0n) is 13.9. The molecule has 7 heteroatoms. The molecule has 0 saturated heterocycles. The van der Waals surface area contributed by atoms with Gasteiger partial charge in [0.1, 0.15) is 5.82 Å². The Morgan fingerprint density at radius 2 is 1.84 bits per heavy atom. The molecule has 2 aromatic carbocycles. The molecular formula is C18H17BrN4OS. The highest BCUT2D eigenvalue weighted by molar-refractivity contribution is 9.10. The van der Waals surface area contributed by atoms with Crippen molar-refractivity contribution in [2.45, 2.75) is 19.0 Å². The lowest BCUT2D eigenvalue weighted by Crippen LogP contribution is -2.15. The Morgan fingerprint density at radius 1 is 1.12 bits per heavy atom. The Hall–Kier alpha value is -2.12. The van der Waals surface area contributed by atoms with E-state index in [2.05, 4.69) is 31.4 Å². The van der Waals surface area contributed by atoms with Crippen LogP contribution < -0.4 is 5.32 Å². The quantitative estimate of drug-likeness (QED) is 0.626. The first-order valence-electron chi connectivity index (χ1n) is 7.71. The standard InChI is InChI=1S/C18H17BrN4OS/c1-12-7-3-6-10-16(12)23-13(2)21-22-18(23)25-11-17(24)20-15-9-5-4-8-14(15)19/h3-10H,11H2,1-2H3,(H,20,24). The van der Waals surface area contributed by atoms with Crippen LogP contribution in [-0.4, -0.2) is 26.4 Å². The van der Waals surface area contributed by atoms with Gasteiger partial charge in [-0.2, -0.15) is 0 Å². The van der Waals surface area contributed by atoms with E-state index in [1.54, 1.807) is 0 Å². The first-order chi connectivity index (χ1) is 12.1. The first-order valence-corrected chi connectivity index (χ1v) is 9.49. The van der Waals surface area contributed by atoms with E-state index in [4.69, 9.17) is 0 Å². The molecule has 128 valence electrons. The number of hydrogen-bond donors (Lipinski definition) is 1. The number of carbonyl (C=O) groups is 1. The van der Waals surface area contributed by atoms with Gasteiger partial charge in [-0.1, -0.05) is 42.1 Å². The predicted molar refractivity (Wildman–Crippen MR) is 104 cm³/mol. The van der Waals surface area contributed by atoms with E-state index >= 15 is 0 Å². The fourth-order valence-corrected chi connectivity index (χ4v) is 3.58. The summed E-state index contributed by atoms with van der Waals surface area (Å²) < 4.78 is 2.83. The minimum Gasteiger partial charge on any atom is -0.324 e. The van der Waals surface area contributed by atoms with Gasteiger partial charge in [0, 0.05) is 4.47 Å². The molecule has 0 radical (unpaired) electrons. The Morgan fingerprint density at radius 3 is 2.60 bits per heavy atom. The number of thioether (sulfide) groups is 1. The second kappa shape index (κ2) is 7.84. The number of anilines is 1. The summed E-state index contributed by atoms with van der Waals surface area (Å²) in [5, 5.41) is 12.0. The fraction of sp³-hybridized carbons (Fsp3) is 0.167. The molecule has 5 nitrogen and oxygen atoms in total. The van der Waals surface area contributed by atoms with Crippen LogP contribution in [0.3, 0.4) is 0 Å². The number of aryl methyl sites for hydroxylation is 2. The van der Waals surface area contributed by atoms with Crippen molar-refractivity contribution in [2.24, 2.45) is 0 Å². The zero-order valence-corrected chi connectivity index (χ0v) is 16.3. The Bertz CT molecular complexity index is 910. The molecule has 1 heterocycles. The van der Waals surface area contributed by atoms with Crippen molar-refractivity contribution in [3.05, 3.63) is 64.4 Å². The largest absolute Gasteiger partial charge is 0.324 e. The summed E-state index contributed by atoms with van der Waals surface area (Å²) in [5.41, 5.74) is 2.91. The molecule has 1 amide bonds. The van der Waals surface area contributed by atoms with Crippen LogP contribution in [0.5, 0.6) is 0 Å². The van der Waals surface area contributed by atoms with Crippen LogP contribution in [-0.2, 0) is 4.79 Å². The molecule has 1 N–H and O–H groups in total. The highest BCUT2D eigenvalue weighted by atomic mass is 79.9. The third-order valence-corrected chi connectivity index (χ3v) is 5.25. The molecule has 0 bridgehead atoms. The number of nitrogens with zero attached hydrogens (tertiary/aromatic N) is 3. The van der Waals surface area contributed by atoms with Crippen LogP contribution >= 0.6 is 27.7 Å². The molecule has 0 aliphatic heterocycles. The van der Waals surface area contributed by atoms with Crippen molar-refractivity contribution < 1.29 is 4.79 Å². The van der Waals surface area contributed by atoms with Crippen molar-refractivity contribution in [1.82, 2.24) is 14.8 Å². The number of rotatable bonds is 5. The molecule has 0 atom stereocenters. The molecule has 0 saturated carbocycles. The number of hydrogen-bond acceptors (Lipinski definition) is 4. The minimum atomic E-state index is -0.0890. The summed E-state index contributed by atoms with van der Waals surface area (Å²) in [6, 6.07) is 15.6. The van der Waals surface area contributed by atoms with Crippen LogP contribution in [0.1, 0.15) is 11.4 Å². The highest BCUT2D eigenvalue weighted by Crippen LogP contribution is 2.25. The van der Waals surface area contributed by atoms with Gasteiger partial charge < -0.3 is 5.32 Å². The molecular weight excluding hydrogens is 400 g/mol. The maximum Gasteiger partial charge on any atom is 0.234 e. The number of aromatic nitrogens is 3. The van der Waals surface area contributed by atoms with E-state index in [1.807, 2.05) is 66.9 Å². The van der Waals surface area contributed by atoms with Crippen LogP contribution in [0.2, 0.25) is 0 Å². The van der Waals surface area contributed by atoms with E-state index in [-0.39, 0.29) is 11.7 Å². The van der Waals surface area contributed by atoms with Crippen molar-refractivity contribution in [2.75, 3.05) is 11.1 Å². The van der Waals surface area contributed by atoms with Crippen LogP contribution in [0.15, 0.2) is 58.2 Å². The summed E-state index contributed by atoms with van der Waals surface area (Å²) >= 11 is 4.79. The van der Waals surface area contributed by atoms with Gasteiger partial charge in [0.25, 0.3) is 0 Å². The Labute approximate surface area is 159 Å². The average Bonchev–Trinajstić information content (AvgIpc) is 2.96. The van der Waals surface area contributed by atoms with Crippen LogP contribution in [0.25, 0.3) is 5.69 Å². The zero-order chi connectivity index (χ0) is 17.8. The van der Waals surface area contributed by atoms with E-state index in [0.29, 0.717) is 5.16 Å². The van der Waals surface area contributed by atoms with Gasteiger partial charge in [0.15, 0.2) is 5.16 Å². The van der Waals surface area contributed by atoms with E-state index in [1.165, 1.54) is 11.8 Å². The lowest BCUT2D eigenvalue weighted by Gasteiger charge is -2.11. The third-order valence-electron chi connectivity index (χ3n) is 3.63. The lowest BCUT2D eigenvalue weighted by molar-refractivity contribution is -0.113. The number of carbonyl (C=O) groups excluding carboxylic acids is 1. The minimum absolute atomic E-state index is 0.0890. The summed E-state index contributed by atoms with van der Waals surface area (Å²) in [6.07, 6.45) is 0. The molecule has 25 heavy (non-hydrogen) atoms. The normalized spacial score (nSPS) is 10.7. The van der Waals surface area contributed by atoms with Gasteiger partial charge in [-0.15, -0.1) is 10.2 Å². The average molecular weight is 417 g/mol. The van der Waals surface area contributed by atoms with Gasteiger partial charge in [-0.3, -0.25) is 9.36 Å². The number of nitrogens with one attached hydrogen (secondary N) is 1. The third kappa shape index (κ3) is 4.11. The maximum absolute atomic E-state index is 12.2. The van der Waals surface area contributed by atoms with Crippen molar-refractivity contribution in [1.29, 1.82) is 0 Å². The molecule has 0 fully saturated rings. The fourth-order valence-electron chi connectivity index (χ4n) is 2.41. The van der Waals surface area contributed by atoms with Crippen LogP contribution in [0, 0.1) is 13.8 Å². The highest BCUT2D eigenvalue weighted by Gasteiger charge is 2.15. The monoisotopic (exact) mass is 416 g/mol. The summed E-state index contributed by atoms with van der Waals surface area (Å²) in [5.74, 6) is 0.961. The second-order valence-electron chi connectivity index (χ2n) is 5.47. The predicted octanol–water partition coefficient (Wildman–Crippen LogP) is 4.38. The van der Waals surface area contributed by atoms with Crippen molar-refractivity contribution in [3.8, 4) is 5.69 Å². The molecule has 0 aliphatic rings. The topological polar surface area (TPSA) is 59.8 Å². The smallest absolute Gasteiger partial charge is 0.234 e. The number of benzene rings is 2. The number of amides is 1. The van der Waals surface area contributed by atoms with E-state index in [0.717, 1.165) is 27.2 Å². The molecule has 0 spiro atoms. The number of halogens is 1. The van der Waals surface area contributed by atoms with E-state index in [9.17, 15) is 4.79 Å². The summed E-state index contributed by atoms with van der Waals surface area (Å²) in [4.78, 5) is 12.2. The summed E-state index contributed by atoms with van der Waals surface area (Å²) in [7, 11) is 0. The Balaban J connectivity index is 1.73. The summed E-state index contributed by atoms with van der Waals surface area (Å²) in [6.45, 7) is 3.95. The molecule has 0 unspecified atom stereocenters. The Kier molecular flexibility index (Phi) is 5.55. The van der Waals surface area contributed by atoms with Gasteiger partial charge in [-0.05, 0) is 53.5 Å². The SMILES string of the molecule is Cc1ccccc1-n1c(C)nnc1SCC(=O)Nc1ccccc1Br. The molecule has 3 aromatic rings. The molecule has 3 rings (SSSR count). The van der Waals surface area contributed by atoms with Crippen molar-refractivity contribution in [3.63, 3.8) is 0 Å². The second-order valence-corrected chi connectivity index (χ2v) is 7.27. The van der Waals surface area contributed by atoms with Gasteiger partial charge >= 0.3 is 0 Å². The maximum atomic E-state index is 12.2. The van der Waals surface area contributed by atoms with Gasteiger partial charge in [0.05, 0.1) is 17.1 Å². The van der Waals surface area contributed by atoms with Crippen molar-refractivity contribution >= 4 is 39.3 Å². The van der Waals surface area contributed by atoms with Gasteiger partial charge in [-0.25, -0.2) is 0 Å².